The first-order valence-electron chi connectivity index (χ1n) is 7.33. The average Bonchev–Trinajstić information content (AvgIpc) is 2.51. The molecule has 0 bridgehead atoms. The molecule has 0 amide bonds. The Bertz CT molecular complexity index is 639. The van der Waals surface area contributed by atoms with Crippen molar-refractivity contribution in [2.45, 2.75) is 31.9 Å². The average molecular weight is 283 g/mol. The van der Waals surface area contributed by atoms with Crippen molar-refractivity contribution in [3.05, 3.63) is 59.2 Å². The number of benzene rings is 2. The van der Waals surface area contributed by atoms with Crippen LogP contribution in [-0.2, 0) is 6.42 Å². The number of methoxy groups -OCH3 is 1. The van der Waals surface area contributed by atoms with E-state index in [4.69, 9.17) is 15.2 Å². The van der Waals surface area contributed by atoms with Crippen LogP contribution in [0.25, 0.3) is 0 Å². The topological polar surface area (TPSA) is 44.5 Å². The SMILES string of the molecule is COc1cc(C)ccc1OC1CCc2ccccc2C1N. The van der Waals surface area contributed by atoms with E-state index >= 15 is 0 Å². The van der Waals surface area contributed by atoms with Gasteiger partial charge in [0.05, 0.1) is 13.2 Å². The summed E-state index contributed by atoms with van der Waals surface area (Å²) in [5.41, 5.74) is 10.1. The van der Waals surface area contributed by atoms with E-state index in [9.17, 15) is 0 Å². The third-order valence-corrected chi connectivity index (χ3v) is 4.11. The van der Waals surface area contributed by atoms with Gasteiger partial charge in [0, 0.05) is 0 Å². The molecular weight excluding hydrogens is 262 g/mol. The van der Waals surface area contributed by atoms with Crippen LogP contribution in [0.5, 0.6) is 11.5 Å². The number of rotatable bonds is 3. The van der Waals surface area contributed by atoms with Gasteiger partial charge in [-0.2, -0.15) is 0 Å². The molecule has 2 aromatic carbocycles. The highest BCUT2D eigenvalue weighted by molar-refractivity contribution is 5.43. The second-order valence-electron chi connectivity index (χ2n) is 5.57. The van der Waals surface area contributed by atoms with Crippen LogP contribution < -0.4 is 15.2 Å². The highest BCUT2D eigenvalue weighted by Gasteiger charge is 2.28. The maximum Gasteiger partial charge on any atom is 0.161 e. The van der Waals surface area contributed by atoms with Gasteiger partial charge in [0.15, 0.2) is 11.5 Å². The molecule has 3 nitrogen and oxygen atoms in total. The largest absolute Gasteiger partial charge is 0.493 e. The summed E-state index contributed by atoms with van der Waals surface area (Å²) < 4.78 is 11.6. The Kier molecular flexibility index (Phi) is 3.84. The molecular formula is C18H21NO2. The van der Waals surface area contributed by atoms with E-state index in [-0.39, 0.29) is 12.1 Å². The third kappa shape index (κ3) is 2.74. The van der Waals surface area contributed by atoms with Crippen molar-refractivity contribution in [3.8, 4) is 11.5 Å². The van der Waals surface area contributed by atoms with Gasteiger partial charge in [-0.3, -0.25) is 0 Å². The smallest absolute Gasteiger partial charge is 0.161 e. The summed E-state index contributed by atoms with van der Waals surface area (Å²) in [5.74, 6) is 1.53. The lowest BCUT2D eigenvalue weighted by molar-refractivity contribution is 0.148. The normalized spacial score (nSPS) is 20.7. The fraction of sp³-hybridized carbons (Fsp3) is 0.333. The van der Waals surface area contributed by atoms with E-state index in [0.717, 1.165) is 29.9 Å². The lowest BCUT2D eigenvalue weighted by Crippen LogP contribution is -2.35. The van der Waals surface area contributed by atoms with Crippen LogP contribution in [0.2, 0.25) is 0 Å². The van der Waals surface area contributed by atoms with Crippen LogP contribution in [0.3, 0.4) is 0 Å². The van der Waals surface area contributed by atoms with Crippen LogP contribution in [-0.4, -0.2) is 13.2 Å². The van der Waals surface area contributed by atoms with Crippen molar-refractivity contribution in [2.24, 2.45) is 5.73 Å². The van der Waals surface area contributed by atoms with E-state index in [2.05, 4.69) is 18.2 Å². The fourth-order valence-electron chi connectivity index (χ4n) is 2.93. The summed E-state index contributed by atoms with van der Waals surface area (Å²) in [7, 11) is 1.66. The molecule has 2 aromatic rings. The summed E-state index contributed by atoms with van der Waals surface area (Å²) in [6, 6.07) is 14.2. The van der Waals surface area contributed by atoms with Gasteiger partial charge < -0.3 is 15.2 Å². The lowest BCUT2D eigenvalue weighted by Gasteiger charge is -2.31. The van der Waals surface area contributed by atoms with Crippen LogP contribution in [0.15, 0.2) is 42.5 Å². The highest BCUT2D eigenvalue weighted by atomic mass is 16.5. The van der Waals surface area contributed by atoms with Gasteiger partial charge >= 0.3 is 0 Å². The maximum atomic E-state index is 6.39. The van der Waals surface area contributed by atoms with Crippen molar-refractivity contribution >= 4 is 0 Å². The second-order valence-corrected chi connectivity index (χ2v) is 5.57. The van der Waals surface area contributed by atoms with Gasteiger partial charge in [0.25, 0.3) is 0 Å². The van der Waals surface area contributed by atoms with Crippen LogP contribution in [0, 0.1) is 6.92 Å². The Morgan fingerprint density at radius 1 is 1.10 bits per heavy atom. The number of aryl methyl sites for hydroxylation is 2. The predicted molar refractivity (Wildman–Crippen MR) is 83.8 cm³/mol. The van der Waals surface area contributed by atoms with E-state index < -0.39 is 0 Å². The summed E-state index contributed by atoms with van der Waals surface area (Å²) >= 11 is 0. The first kappa shape index (κ1) is 14.0. The van der Waals surface area contributed by atoms with Gasteiger partial charge in [0.2, 0.25) is 0 Å². The number of hydrogen-bond donors (Lipinski definition) is 1. The van der Waals surface area contributed by atoms with E-state index in [1.165, 1.54) is 11.1 Å². The Balaban J connectivity index is 1.84. The van der Waals surface area contributed by atoms with Crippen molar-refractivity contribution in [3.63, 3.8) is 0 Å². The molecule has 1 aliphatic rings. The van der Waals surface area contributed by atoms with E-state index in [1.807, 2.05) is 31.2 Å². The summed E-state index contributed by atoms with van der Waals surface area (Å²) in [4.78, 5) is 0. The first-order valence-corrected chi connectivity index (χ1v) is 7.33. The number of ether oxygens (including phenoxy) is 2. The molecule has 0 spiro atoms. The zero-order valence-corrected chi connectivity index (χ0v) is 12.5. The van der Waals surface area contributed by atoms with Crippen LogP contribution in [0.1, 0.15) is 29.2 Å². The summed E-state index contributed by atoms with van der Waals surface area (Å²) in [5, 5.41) is 0. The molecule has 1 aliphatic carbocycles. The molecule has 0 aliphatic heterocycles. The summed E-state index contributed by atoms with van der Waals surface area (Å²) in [6.07, 6.45) is 1.91. The lowest BCUT2D eigenvalue weighted by atomic mass is 9.86. The molecule has 2 atom stereocenters. The van der Waals surface area contributed by atoms with Crippen molar-refractivity contribution in [1.29, 1.82) is 0 Å². The second kappa shape index (κ2) is 5.78. The summed E-state index contributed by atoms with van der Waals surface area (Å²) in [6.45, 7) is 2.04. The van der Waals surface area contributed by atoms with Crippen LogP contribution >= 0.6 is 0 Å². The number of fused-ring (bicyclic) bond motifs is 1. The molecule has 0 heterocycles. The molecule has 0 radical (unpaired) electrons. The van der Waals surface area contributed by atoms with E-state index in [1.54, 1.807) is 7.11 Å². The standard InChI is InChI=1S/C18H21NO2/c1-12-7-9-15(17(11-12)20-2)21-16-10-8-13-5-3-4-6-14(13)18(16)19/h3-7,9,11,16,18H,8,10,19H2,1-2H3. The monoisotopic (exact) mass is 283 g/mol. The molecule has 0 saturated carbocycles. The molecule has 0 aromatic heterocycles. The minimum absolute atomic E-state index is 0.0171. The Morgan fingerprint density at radius 3 is 2.71 bits per heavy atom. The zero-order valence-electron chi connectivity index (χ0n) is 12.5. The van der Waals surface area contributed by atoms with E-state index in [0.29, 0.717) is 0 Å². The van der Waals surface area contributed by atoms with Crippen molar-refractivity contribution in [2.75, 3.05) is 7.11 Å². The Morgan fingerprint density at radius 2 is 1.90 bits per heavy atom. The predicted octanol–water partition coefficient (Wildman–Crippen LogP) is 3.40. The zero-order chi connectivity index (χ0) is 14.8. The molecule has 3 heteroatoms. The van der Waals surface area contributed by atoms with Crippen molar-refractivity contribution in [1.82, 2.24) is 0 Å². The van der Waals surface area contributed by atoms with Gasteiger partial charge in [-0.15, -0.1) is 0 Å². The van der Waals surface area contributed by atoms with Crippen LogP contribution in [0.4, 0.5) is 0 Å². The Labute approximate surface area is 125 Å². The molecule has 0 saturated heterocycles. The van der Waals surface area contributed by atoms with Crippen molar-refractivity contribution < 1.29 is 9.47 Å². The molecule has 0 fully saturated rings. The molecule has 2 N–H and O–H groups in total. The highest BCUT2D eigenvalue weighted by Crippen LogP contribution is 2.35. The Hall–Kier alpha value is -2.00. The number of nitrogens with two attached hydrogens (primary N) is 1. The molecule has 110 valence electrons. The quantitative estimate of drug-likeness (QED) is 0.939. The minimum atomic E-state index is -0.0963. The third-order valence-electron chi connectivity index (χ3n) is 4.11. The minimum Gasteiger partial charge on any atom is -0.493 e. The molecule has 21 heavy (non-hydrogen) atoms. The maximum absolute atomic E-state index is 6.39. The first-order chi connectivity index (χ1) is 10.2. The fourth-order valence-corrected chi connectivity index (χ4v) is 2.93. The van der Waals surface area contributed by atoms with Gasteiger partial charge in [-0.25, -0.2) is 0 Å². The van der Waals surface area contributed by atoms with Gasteiger partial charge in [-0.1, -0.05) is 30.3 Å². The van der Waals surface area contributed by atoms with Gasteiger partial charge in [0.1, 0.15) is 6.10 Å². The number of hydrogen-bond acceptors (Lipinski definition) is 3. The molecule has 2 unspecified atom stereocenters. The molecule has 3 rings (SSSR count). The van der Waals surface area contributed by atoms with Gasteiger partial charge in [-0.05, 0) is 48.6 Å².